The van der Waals surface area contributed by atoms with E-state index in [-0.39, 0.29) is 10.3 Å². The van der Waals surface area contributed by atoms with Crippen molar-refractivity contribution >= 4 is 22.6 Å². The molecule has 0 spiro atoms. The highest BCUT2D eigenvalue weighted by Crippen LogP contribution is 2.29. The third-order valence-corrected chi connectivity index (χ3v) is 3.53. The minimum absolute atomic E-state index is 0.159. The first-order valence-electron chi connectivity index (χ1n) is 6.75. The van der Waals surface area contributed by atoms with Gasteiger partial charge in [-0.15, -0.1) is 4.73 Å². The second kappa shape index (κ2) is 5.03. The Kier molecular flexibility index (Phi) is 3.17. The van der Waals surface area contributed by atoms with E-state index in [2.05, 4.69) is 4.98 Å². The molecule has 0 atom stereocenters. The number of carbonyl (C=O) groups is 1. The van der Waals surface area contributed by atoms with Crippen LogP contribution in [-0.4, -0.2) is 37.6 Å². The molecule has 2 aromatic heterocycles. The quantitative estimate of drug-likeness (QED) is 0.557. The Balaban J connectivity index is 2.03. The maximum absolute atomic E-state index is 12.5. The second-order valence-electron chi connectivity index (χ2n) is 4.84. The molecule has 3 aromatic rings. The number of nitrogens with one attached hydrogen (secondary N) is 1. The zero-order chi connectivity index (χ0) is 15.9. The summed E-state index contributed by atoms with van der Waals surface area (Å²) >= 11 is 0. The molecule has 114 valence electrons. The number of carbonyl (C=O) groups excluding carboxylic acids is 1. The third-order valence-electron chi connectivity index (χ3n) is 3.53. The lowest BCUT2D eigenvalue weighted by atomic mass is 10.2. The van der Waals surface area contributed by atoms with E-state index >= 15 is 0 Å². The Bertz CT molecular complexity index is 817. The monoisotopic (exact) mass is 301 g/mol. The third kappa shape index (κ3) is 2.03. The number of aromatic hydroxyl groups is 2. The van der Waals surface area contributed by atoms with Gasteiger partial charge in [-0.05, 0) is 19.1 Å². The molecular formula is C15H15N3O4. The van der Waals surface area contributed by atoms with Gasteiger partial charge in [-0.25, -0.2) is 0 Å². The maximum Gasteiger partial charge on any atom is 0.265 e. The Morgan fingerprint density at radius 1 is 1.27 bits per heavy atom. The molecule has 22 heavy (non-hydrogen) atoms. The fraction of sp³-hybridized carbons (Fsp3) is 0.133. The molecule has 0 radical (unpaired) electrons. The Morgan fingerprint density at radius 2 is 2.00 bits per heavy atom. The number of amides is 1. The average molecular weight is 301 g/mol. The minimum atomic E-state index is -0.697. The highest BCUT2D eigenvalue weighted by atomic mass is 16.5. The molecule has 0 unspecified atom stereocenters. The second-order valence-corrected chi connectivity index (χ2v) is 4.84. The van der Waals surface area contributed by atoms with Crippen molar-refractivity contribution in [1.82, 2.24) is 9.71 Å². The maximum atomic E-state index is 12.5. The normalized spacial score (nSPS) is 11.0. The standard InChI is InChI=1S/C15H15N3O4/c1-2-17(12-7-9-5-3-4-6-11(9)16-12)14(20)10-8-13(19)18(22)15(10)21/h3-8,16,19,21-22H,2H2,1H3. The summed E-state index contributed by atoms with van der Waals surface area (Å²) in [6.07, 6.45) is 0. The summed E-state index contributed by atoms with van der Waals surface area (Å²) in [6, 6.07) is 10.4. The van der Waals surface area contributed by atoms with Gasteiger partial charge < -0.3 is 20.4 Å². The number of anilines is 1. The van der Waals surface area contributed by atoms with Gasteiger partial charge in [-0.3, -0.25) is 9.69 Å². The van der Waals surface area contributed by atoms with Crippen molar-refractivity contribution in [3.63, 3.8) is 0 Å². The van der Waals surface area contributed by atoms with Crippen molar-refractivity contribution in [3.8, 4) is 11.8 Å². The first-order valence-corrected chi connectivity index (χ1v) is 6.75. The smallest absolute Gasteiger partial charge is 0.265 e. The van der Waals surface area contributed by atoms with Gasteiger partial charge in [0.2, 0.25) is 11.8 Å². The van der Waals surface area contributed by atoms with Gasteiger partial charge in [0.15, 0.2) is 0 Å². The highest BCUT2D eigenvalue weighted by Gasteiger charge is 2.25. The van der Waals surface area contributed by atoms with E-state index in [0.717, 1.165) is 17.0 Å². The summed E-state index contributed by atoms with van der Waals surface area (Å²) in [5.74, 6) is -1.27. The van der Waals surface area contributed by atoms with Crippen LogP contribution in [0.15, 0.2) is 36.4 Å². The van der Waals surface area contributed by atoms with E-state index in [9.17, 15) is 20.2 Å². The van der Waals surface area contributed by atoms with E-state index in [1.54, 1.807) is 6.92 Å². The van der Waals surface area contributed by atoms with E-state index < -0.39 is 17.7 Å². The van der Waals surface area contributed by atoms with Crippen molar-refractivity contribution in [1.29, 1.82) is 0 Å². The summed E-state index contributed by atoms with van der Waals surface area (Å²) in [7, 11) is 0. The van der Waals surface area contributed by atoms with E-state index in [1.807, 2.05) is 30.3 Å². The number of hydrogen-bond donors (Lipinski definition) is 4. The first-order chi connectivity index (χ1) is 10.5. The Labute approximate surface area is 125 Å². The summed E-state index contributed by atoms with van der Waals surface area (Å²) in [6.45, 7) is 2.14. The predicted molar refractivity (Wildman–Crippen MR) is 80.6 cm³/mol. The van der Waals surface area contributed by atoms with Crippen LogP contribution in [0.25, 0.3) is 10.9 Å². The van der Waals surface area contributed by atoms with Crippen molar-refractivity contribution in [2.75, 3.05) is 11.4 Å². The lowest BCUT2D eigenvalue weighted by Crippen LogP contribution is -2.30. The zero-order valence-electron chi connectivity index (χ0n) is 11.8. The molecule has 7 nitrogen and oxygen atoms in total. The lowest BCUT2D eigenvalue weighted by Gasteiger charge is -2.18. The summed E-state index contributed by atoms with van der Waals surface area (Å²) in [4.78, 5) is 17.1. The molecule has 4 N–H and O–H groups in total. The minimum Gasteiger partial charge on any atom is -0.492 e. The van der Waals surface area contributed by atoms with Gasteiger partial charge in [-0.2, -0.15) is 0 Å². The summed E-state index contributed by atoms with van der Waals surface area (Å²) < 4.78 is 0.159. The molecule has 2 heterocycles. The molecule has 0 saturated carbocycles. The number of benzene rings is 1. The van der Waals surface area contributed by atoms with Gasteiger partial charge in [0.1, 0.15) is 11.4 Å². The first kappa shape index (κ1) is 13.9. The Hall–Kier alpha value is -3.09. The van der Waals surface area contributed by atoms with Crippen LogP contribution in [0.3, 0.4) is 0 Å². The zero-order valence-corrected chi connectivity index (χ0v) is 11.8. The van der Waals surface area contributed by atoms with E-state index in [4.69, 9.17) is 0 Å². The van der Waals surface area contributed by atoms with Crippen LogP contribution in [0.2, 0.25) is 0 Å². The molecule has 3 rings (SSSR count). The molecule has 0 bridgehead atoms. The molecule has 0 saturated heterocycles. The average Bonchev–Trinajstić information content (AvgIpc) is 3.04. The summed E-state index contributed by atoms with van der Waals surface area (Å²) in [5.41, 5.74) is 0.705. The largest absolute Gasteiger partial charge is 0.492 e. The topological polar surface area (TPSA) is 102 Å². The summed E-state index contributed by atoms with van der Waals surface area (Å²) in [5, 5.41) is 29.4. The van der Waals surface area contributed by atoms with Crippen molar-refractivity contribution < 1.29 is 20.2 Å². The van der Waals surface area contributed by atoms with Crippen LogP contribution in [0, 0.1) is 0 Å². The fourth-order valence-corrected chi connectivity index (χ4v) is 2.41. The van der Waals surface area contributed by atoms with Crippen molar-refractivity contribution in [2.45, 2.75) is 6.92 Å². The number of fused-ring (bicyclic) bond motifs is 1. The molecule has 1 amide bonds. The number of H-pyrrole nitrogens is 1. The molecule has 7 heteroatoms. The van der Waals surface area contributed by atoms with Gasteiger partial charge in [0.05, 0.1) is 0 Å². The number of rotatable bonds is 3. The molecule has 0 aliphatic heterocycles. The van der Waals surface area contributed by atoms with Crippen molar-refractivity contribution in [3.05, 3.63) is 42.0 Å². The SMILES string of the molecule is CCN(C(=O)c1cc(O)n(O)c1O)c1cc2ccccc2[nH]1. The Morgan fingerprint density at radius 3 is 2.59 bits per heavy atom. The van der Waals surface area contributed by atoms with Crippen LogP contribution in [0.5, 0.6) is 11.8 Å². The fourth-order valence-electron chi connectivity index (χ4n) is 2.41. The van der Waals surface area contributed by atoms with Gasteiger partial charge in [0.25, 0.3) is 5.91 Å². The van der Waals surface area contributed by atoms with Crippen LogP contribution in [0.1, 0.15) is 17.3 Å². The lowest BCUT2D eigenvalue weighted by molar-refractivity contribution is 0.0975. The molecule has 0 fully saturated rings. The highest BCUT2D eigenvalue weighted by molar-refractivity contribution is 6.08. The van der Waals surface area contributed by atoms with Crippen LogP contribution < -0.4 is 4.90 Å². The number of aromatic nitrogens is 2. The van der Waals surface area contributed by atoms with Crippen LogP contribution >= 0.6 is 0 Å². The van der Waals surface area contributed by atoms with E-state index in [1.165, 1.54) is 4.90 Å². The van der Waals surface area contributed by atoms with Crippen LogP contribution in [-0.2, 0) is 0 Å². The number of nitrogens with zero attached hydrogens (tertiary/aromatic N) is 2. The molecular weight excluding hydrogens is 286 g/mol. The van der Waals surface area contributed by atoms with Gasteiger partial charge in [-0.1, -0.05) is 18.2 Å². The van der Waals surface area contributed by atoms with E-state index in [0.29, 0.717) is 12.4 Å². The van der Waals surface area contributed by atoms with Gasteiger partial charge >= 0.3 is 0 Å². The van der Waals surface area contributed by atoms with Crippen molar-refractivity contribution in [2.24, 2.45) is 0 Å². The van der Waals surface area contributed by atoms with Crippen LogP contribution in [0.4, 0.5) is 5.82 Å². The van der Waals surface area contributed by atoms with Gasteiger partial charge in [0, 0.05) is 23.5 Å². The molecule has 1 aromatic carbocycles. The molecule has 0 aliphatic rings. The number of hydrogen-bond acceptors (Lipinski definition) is 4. The predicted octanol–water partition coefficient (Wildman–Crippen LogP) is 2.28. The number of para-hydroxylation sites is 1. The number of aromatic amines is 1. The molecule has 0 aliphatic carbocycles.